The SMILES string of the molecule is O=C(NCCCNc1ccccn1)NC[C@@H]1Cc2ccccc2O1. The molecule has 0 spiro atoms. The Morgan fingerprint density at radius 1 is 1.12 bits per heavy atom. The molecule has 1 aromatic heterocycles. The number of carbonyl (C=O) groups excluding carboxylic acids is 1. The monoisotopic (exact) mass is 326 g/mol. The highest BCUT2D eigenvalue weighted by Crippen LogP contribution is 2.27. The first-order valence-electron chi connectivity index (χ1n) is 8.22. The molecule has 0 saturated heterocycles. The third-order valence-corrected chi connectivity index (χ3v) is 3.81. The maximum atomic E-state index is 11.8. The van der Waals surface area contributed by atoms with E-state index in [-0.39, 0.29) is 12.1 Å². The molecule has 0 bridgehead atoms. The van der Waals surface area contributed by atoms with E-state index in [1.54, 1.807) is 6.20 Å². The third-order valence-electron chi connectivity index (χ3n) is 3.81. The van der Waals surface area contributed by atoms with Crippen LogP contribution >= 0.6 is 0 Å². The number of para-hydroxylation sites is 1. The summed E-state index contributed by atoms with van der Waals surface area (Å²) in [6.45, 7) is 1.88. The van der Waals surface area contributed by atoms with Crippen LogP contribution in [-0.2, 0) is 6.42 Å². The number of fused-ring (bicyclic) bond motifs is 1. The van der Waals surface area contributed by atoms with Crippen molar-refractivity contribution < 1.29 is 9.53 Å². The van der Waals surface area contributed by atoms with E-state index in [0.717, 1.165) is 31.0 Å². The summed E-state index contributed by atoms with van der Waals surface area (Å²) in [5, 5.41) is 8.91. The highest BCUT2D eigenvalue weighted by atomic mass is 16.5. The van der Waals surface area contributed by atoms with E-state index in [0.29, 0.717) is 13.1 Å². The summed E-state index contributed by atoms with van der Waals surface area (Å²) in [4.78, 5) is 16.0. The van der Waals surface area contributed by atoms with Crippen LogP contribution in [0.2, 0.25) is 0 Å². The second-order valence-electron chi connectivity index (χ2n) is 5.68. The van der Waals surface area contributed by atoms with Crippen LogP contribution in [0.15, 0.2) is 48.7 Å². The van der Waals surface area contributed by atoms with Crippen LogP contribution in [0.3, 0.4) is 0 Å². The number of rotatable bonds is 7. The summed E-state index contributed by atoms with van der Waals surface area (Å²) in [5.41, 5.74) is 1.20. The van der Waals surface area contributed by atoms with E-state index < -0.39 is 0 Å². The smallest absolute Gasteiger partial charge is 0.314 e. The molecule has 3 rings (SSSR count). The highest BCUT2D eigenvalue weighted by Gasteiger charge is 2.22. The summed E-state index contributed by atoms with van der Waals surface area (Å²) < 4.78 is 5.79. The van der Waals surface area contributed by atoms with Gasteiger partial charge in [0, 0.05) is 25.7 Å². The molecule has 1 aliphatic rings. The van der Waals surface area contributed by atoms with E-state index >= 15 is 0 Å². The molecule has 1 aromatic carbocycles. The second-order valence-corrected chi connectivity index (χ2v) is 5.68. The molecule has 2 amide bonds. The van der Waals surface area contributed by atoms with Crippen molar-refractivity contribution in [2.75, 3.05) is 25.0 Å². The highest BCUT2D eigenvalue weighted by molar-refractivity contribution is 5.73. The molecule has 2 heterocycles. The van der Waals surface area contributed by atoms with Crippen LogP contribution in [0.1, 0.15) is 12.0 Å². The van der Waals surface area contributed by atoms with Crippen molar-refractivity contribution in [3.63, 3.8) is 0 Å². The average Bonchev–Trinajstić information content (AvgIpc) is 3.03. The molecule has 1 atom stereocenters. The van der Waals surface area contributed by atoms with Crippen LogP contribution < -0.4 is 20.7 Å². The van der Waals surface area contributed by atoms with Gasteiger partial charge in [-0.1, -0.05) is 24.3 Å². The number of amides is 2. The maximum absolute atomic E-state index is 11.8. The lowest BCUT2D eigenvalue weighted by Crippen LogP contribution is -2.41. The van der Waals surface area contributed by atoms with Crippen molar-refractivity contribution in [1.82, 2.24) is 15.6 Å². The number of nitrogens with zero attached hydrogens (tertiary/aromatic N) is 1. The van der Waals surface area contributed by atoms with Gasteiger partial charge >= 0.3 is 6.03 Å². The van der Waals surface area contributed by atoms with E-state index in [2.05, 4.69) is 27.0 Å². The van der Waals surface area contributed by atoms with Gasteiger partial charge in [0.05, 0.1) is 6.54 Å². The molecule has 2 aromatic rings. The number of urea groups is 1. The topological polar surface area (TPSA) is 75.3 Å². The molecular weight excluding hydrogens is 304 g/mol. The minimum atomic E-state index is -0.160. The molecule has 24 heavy (non-hydrogen) atoms. The zero-order valence-electron chi connectivity index (χ0n) is 13.5. The van der Waals surface area contributed by atoms with E-state index in [1.165, 1.54) is 5.56 Å². The lowest BCUT2D eigenvalue weighted by Gasteiger charge is -2.13. The lowest BCUT2D eigenvalue weighted by atomic mass is 10.1. The van der Waals surface area contributed by atoms with E-state index in [1.807, 2.05) is 36.4 Å². The van der Waals surface area contributed by atoms with E-state index in [9.17, 15) is 4.79 Å². The molecule has 3 N–H and O–H groups in total. The summed E-state index contributed by atoms with van der Waals surface area (Å²) in [5.74, 6) is 1.77. The summed E-state index contributed by atoms with van der Waals surface area (Å²) >= 11 is 0. The molecule has 0 aliphatic carbocycles. The number of hydrogen-bond donors (Lipinski definition) is 3. The Balaban J connectivity index is 1.26. The fourth-order valence-corrected chi connectivity index (χ4v) is 2.61. The average molecular weight is 326 g/mol. The first kappa shape index (κ1) is 16.1. The van der Waals surface area contributed by atoms with Crippen LogP contribution in [0.25, 0.3) is 0 Å². The molecule has 6 nitrogen and oxygen atoms in total. The fourth-order valence-electron chi connectivity index (χ4n) is 2.61. The van der Waals surface area contributed by atoms with Crippen LogP contribution in [0.5, 0.6) is 5.75 Å². The molecule has 0 radical (unpaired) electrons. The number of aromatic nitrogens is 1. The van der Waals surface area contributed by atoms with Gasteiger partial charge in [-0.05, 0) is 30.2 Å². The number of ether oxygens (including phenoxy) is 1. The summed E-state index contributed by atoms with van der Waals surface area (Å²) in [6, 6.07) is 13.6. The van der Waals surface area contributed by atoms with Gasteiger partial charge in [-0.25, -0.2) is 9.78 Å². The normalized spacial score (nSPS) is 15.2. The summed E-state index contributed by atoms with van der Waals surface area (Å²) in [7, 11) is 0. The predicted octanol–water partition coefficient (Wildman–Crippen LogP) is 2.19. The van der Waals surface area contributed by atoms with Gasteiger partial charge in [0.15, 0.2) is 0 Å². The Bertz CT molecular complexity index is 638. The van der Waals surface area contributed by atoms with Gasteiger partial charge in [0.25, 0.3) is 0 Å². The van der Waals surface area contributed by atoms with Crippen molar-refractivity contribution >= 4 is 11.8 Å². The minimum absolute atomic E-state index is 0.0129. The zero-order chi connectivity index (χ0) is 16.6. The van der Waals surface area contributed by atoms with Gasteiger partial charge in [-0.3, -0.25) is 0 Å². The molecule has 126 valence electrons. The standard InChI is InChI=1S/C18H22N4O2/c23-18(21-11-5-10-20-17-8-3-4-9-19-17)22-13-15-12-14-6-1-2-7-16(14)24-15/h1-4,6-9,15H,5,10-13H2,(H,19,20)(H2,21,22,23)/t15-/m0/s1. The Morgan fingerprint density at radius 3 is 2.83 bits per heavy atom. The number of nitrogens with one attached hydrogen (secondary N) is 3. The molecular formula is C18H22N4O2. The Hall–Kier alpha value is -2.76. The quantitative estimate of drug-likeness (QED) is 0.682. The molecule has 6 heteroatoms. The molecule has 0 saturated carbocycles. The van der Waals surface area contributed by atoms with Gasteiger partial charge in [0.2, 0.25) is 0 Å². The first-order valence-corrected chi connectivity index (χ1v) is 8.22. The number of anilines is 1. The Morgan fingerprint density at radius 2 is 2.00 bits per heavy atom. The summed E-state index contributed by atoms with van der Waals surface area (Å²) in [6.07, 6.45) is 3.43. The fraction of sp³-hybridized carbons (Fsp3) is 0.333. The third kappa shape index (κ3) is 4.62. The number of benzene rings is 1. The van der Waals surface area contributed by atoms with Gasteiger partial charge in [-0.15, -0.1) is 0 Å². The lowest BCUT2D eigenvalue weighted by molar-refractivity contribution is 0.214. The van der Waals surface area contributed by atoms with Crippen molar-refractivity contribution in [1.29, 1.82) is 0 Å². The number of hydrogen-bond acceptors (Lipinski definition) is 4. The Labute approximate surface area is 141 Å². The Kier molecular flexibility index (Phi) is 5.50. The van der Waals surface area contributed by atoms with Crippen LogP contribution in [-0.4, -0.2) is 36.8 Å². The van der Waals surface area contributed by atoms with Crippen molar-refractivity contribution in [3.8, 4) is 5.75 Å². The predicted molar refractivity (Wildman–Crippen MR) is 93.3 cm³/mol. The van der Waals surface area contributed by atoms with Crippen molar-refractivity contribution in [2.24, 2.45) is 0 Å². The second kappa shape index (κ2) is 8.19. The van der Waals surface area contributed by atoms with Crippen LogP contribution in [0, 0.1) is 0 Å². The maximum Gasteiger partial charge on any atom is 0.314 e. The minimum Gasteiger partial charge on any atom is -0.488 e. The first-order chi connectivity index (χ1) is 11.8. The molecule has 1 aliphatic heterocycles. The largest absolute Gasteiger partial charge is 0.488 e. The molecule has 0 unspecified atom stereocenters. The van der Waals surface area contributed by atoms with Crippen molar-refractivity contribution in [3.05, 3.63) is 54.2 Å². The number of carbonyl (C=O) groups is 1. The van der Waals surface area contributed by atoms with Gasteiger partial charge in [0.1, 0.15) is 17.7 Å². The van der Waals surface area contributed by atoms with Gasteiger partial charge < -0.3 is 20.7 Å². The van der Waals surface area contributed by atoms with Gasteiger partial charge in [-0.2, -0.15) is 0 Å². The van der Waals surface area contributed by atoms with E-state index in [4.69, 9.17) is 4.74 Å². The van der Waals surface area contributed by atoms with Crippen LogP contribution in [0.4, 0.5) is 10.6 Å². The zero-order valence-corrected chi connectivity index (χ0v) is 13.5. The van der Waals surface area contributed by atoms with Crippen molar-refractivity contribution in [2.45, 2.75) is 18.9 Å². The molecule has 0 fully saturated rings. The number of pyridine rings is 1.